The molecule has 0 bridgehead atoms. The molecule has 7 heteroatoms. The van der Waals surface area contributed by atoms with E-state index in [4.69, 9.17) is 19.3 Å². The van der Waals surface area contributed by atoms with Crippen molar-refractivity contribution in [3.63, 3.8) is 0 Å². The molecular weight excluding hydrogens is 322 g/mol. The summed E-state index contributed by atoms with van der Waals surface area (Å²) in [6.07, 6.45) is 0. The Kier molecular flexibility index (Phi) is 3.46. The van der Waals surface area contributed by atoms with Gasteiger partial charge in [-0.05, 0) is 30.3 Å². The molecule has 0 aliphatic carbocycles. The van der Waals surface area contributed by atoms with Crippen LogP contribution in [0, 0.1) is 0 Å². The Morgan fingerprint density at radius 1 is 0.960 bits per heavy atom. The fourth-order valence-corrected chi connectivity index (χ4v) is 2.50. The highest BCUT2D eigenvalue weighted by Crippen LogP contribution is 2.28. The van der Waals surface area contributed by atoms with E-state index in [0.717, 1.165) is 5.39 Å². The summed E-state index contributed by atoms with van der Waals surface area (Å²) in [4.78, 5) is 12.3. The molecule has 2 aromatic heterocycles. The van der Waals surface area contributed by atoms with Gasteiger partial charge in [-0.15, -0.1) is 10.2 Å². The van der Waals surface area contributed by atoms with Crippen molar-refractivity contribution < 1.29 is 13.6 Å². The topological polar surface area (TPSA) is 104 Å². The van der Waals surface area contributed by atoms with E-state index in [-0.39, 0.29) is 17.3 Å². The number of rotatable bonds is 3. The van der Waals surface area contributed by atoms with Crippen molar-refractivity contribution >= 4 is 16.7 Å². The highest BCUT2D eigenvalue weighted by Gasteiger charge is 2.17. The maximum Gasteiger partial charge on any atom is 0.349 e. The number of fused-ring (bicyclic) bond motifs is 1. The second kappa shape index (κ2) is 5.79. The van der Waals surface area contributed by atoms with Crippen LogP contribution in [0.25, 0.3) is 33.9 Å². The quantitative estimate of drug-likeness (QED) is 0.453. The van der Waals surface area contributed by atoms with Crippen LogP contribution in [0.2, 0.25) is 0 Å². The number of nitrogen functional groups attached to an aromatic ring is 1. The van der Waals surface area contributed by atoms with Gasteiger partial charge in [0.05, 0.1) is 12.7 Å². The lowest BCUT2D eigenvalue weighted by Gasteiger charge is -2.02. The molecule has 0 fully saturated rings. The molecule has 2 heterocycles. The average molecular weight is 335 g/mol. The lowest BCUT2D eigenvalue weighted by atomic mass is 10.2. The SMILES string of the molecule is COc1ccc2cc(-c3nnc(-c4ccccc4N)o3)c(=O)oc2c1. The van der Waals surface area contributed by atoms with Crippen molar-refractivity contribution in [2.45, 2.75) is 0 Å². The monoisotopic (exact) mass is 335 g/mol. The Bertz CT molecular complexity index is 1130. The summed E-state index contributed by atoms with van der Waals surface area (Å²) in [7, 11) is 1.54. The van der Waals surface area contributed by atoms with Crippen LogP contribution in [0.5, 0.6) is 5.75 Å². The van der Waals surface area contributed by atoms with Crippen LogP contribution in [0.1, 0.15) is 0 Å². The van der Waals surface area contributed by atoms with Gasteiger partial charge in [0.1, 0.15) is 16.9 Å². The molecule has 4 aromatic rings. The number of benzene rings is 2. The zero-order chi connectivity index (χ0) is 17.4. The Morgan fingerprint density at radius 2 is 1.72 bits per heavy atom. The summed E-state index contributed by atoms with van der Waals surface area (Å²) in [5.41, 5.74) is 7.06. The molecule has 0 spiro atoms. The van der Waals surface area contributed by atoms with Gasteiger partial charge in [0.15, 0.2) is 0 Å². The molecule has 2 aromatic carbocycles. The number of para-hydroxylation sites is 1. The van der Waals surface area contributed by atoms with Crippen LogP contribution in [-0.2, 0) is 0 Å². The highest BCUT2D eigenvalue weighted by molar-refractivity contribution is 5.81. The number of anilines is 1. The van der Waals surface area contributed by atoms with Gasteiger partial charge in [0.25, 0.3) is 5.89 Å². The molecule has 25 heavy (non-hydrogen) atoms. The molecular formula is C18H13N3O4. The molecule has 7 nitrogen and oxygen atoms in total. The Hall–Kier alpha value is -3.61. The van der Waals surface area contributed by atoms with E-state index in [1.54, 1.807) is 43.5 Å². The number of hydrogen-bond acceptors (Lipinski definition) is 7. The minimum Gasteiger partial charge on any atom is -0.497 e. The first kappa shape index (κ1) is 14.9. The van der Waals surface area contributed by atoms with E-state index in [1.165, 1.54) is 0 Å². The van der Waals surface area contributed by atoms with Gasteiger partial charge in [0, 0.05) is 17.1 Å². The largest absolute Gasteiger partial charge is 0.497 e. The van der Waals surface area contributed by atoms with Crippen molar-refractivity contribution in [2.75, 3.05) is 12.8 Å². The predicted octanol–water partition coefficient (Wildman–Crippen LogP) is 3.10. The Balaban J connectivity index is 1.81. The lowest BCUT2D eigenvalue weighted by molar-refractivity contribution is 0.414. The molecule has 0 aliphatic rings. The van der Waals surface area contributed by atoms with Crippen LogP contribution in [-0.4, -0.2) is 17.3 Å². The molecule has 0 amide bonds. The van der Waals surface area contributed by atoms with Gasteiger partial charge in [-0.3, -0.25) is 0 Å². The summed E-state index contributed by atoms with van der Waals surface area (Å²) in [5, 5.41) is 8.64. The highest BCUT2D eigenvalue weighted by atomic mass is 16.5. The van der Waals surface area contributed by atoms with E-state index in [1.807, 2.05) is 12.1 Å². The first-order chi connectivity index (χ1) is 12.2. The van der Waals surface area contributed by atoms with E-state index < -0.39 is 5.63 Å². The zero-order valence-corrected chi connectivity index (χ0v) is 13.2. The lowest BCUT2D eigenvalue weighted by Crippen LogP contribution is -2.03. The van der Waals surface area contributed by atoms with Crippen molar-refractivity contribution in [1.29, 1.82) is 0 Å². The summed E-state index contributed by atoms with van der Waals surface area (Å²) >= 11 is 0. The van der Waals surface area contributed by atoms with E-state index in [9.17, 15) is 4.79 Å². The van der Waals surface area contributed by atoms with Gasteiger partial charge in [-0.2, -0.15) is 0 Å². The molecule has 0 aliphatic heterocycles. The molecule has 0 saturated carbocycles. The van der Waals surface area contributed by atoms with Crippen molar-refractivity contribution in [3.05, 3.63) is 59.0 Å². The first-order valence-corrected chi connectivity index (χ1v) is 7.46. The third-order valence-corrected chi connectivity index (χ3v) is 3.79. The van der Waals surface area contributed by atoms with Crippen molar-refractivity contribution in [1.82, 2.24) is 10.2 Å². The molecule has 124 valence electrons. The van der Waals surface area contributed by atoms with Gasteiger partial charge < -0.3 is 19.3 Å². The number of nitrogens with zero attached hydrogens (tertiary/aromatic N) is 2. The van der Waals surface area contributed by atoms with Gasteiger partial charge in [0.2, 0.25) is 5.89 Å². The maximum atomic E-state index is 12.3. The van der Waals surface area contributed by atoms with Crippen molar-refractivity contribution in [2.24, 2.45) is 0 Å². The first-order valence-electron chi connectivity index (χ1n) is 7.46. The molecule has 0 unspecified atom stereocenters. The summed E-state index contributed by atoms with van der Waals surface area (Å²) in [5.74, 6) is 0.912. The van der Waals surface area contributed by atoms with Crippen molar-refractivity contribution in [3.8, 4) is 28.7 Å². The predicted molar refractivity (Wildman–Crippen MR) is 92.2 cm³/mol. The second-order valence-corrected chi connectivity index (χ2v) is 5.35. The van der Waals surface area contributed by atoms with Crippen LogP contribution >= 0.6 is 0 Å². The Morgan fingerprint density at radius 3 is 2.48 bits per heavy atom. The third-order valence-electron chi connectivity index (χ3n) is 3.79. The van der Waals surface area contributed by atoms with Crippen LogP contribution < -0.4 is 16.1 Å². The standard InChI is InChI=1S/C18H13N3O4/c1-23-11-7-6-10-8-13(18(22)24-15(10)9-11)17-21-20-16(25-17)12-4-2-3-5-14(12)19/h2-9H,19H2,1H3. The van der Waals surface area contributed by atoms with Crippen LogP contribution in [0.4, 0.5) is 5.69 Å². The smallest absolute Gasteiger partial charge is 0.349 e. The van der Waals surface area contributed by atoms with E-state index in [0.29, 0.717) is 22.6 Å². The molecule has 0 atom stereocenters. The maximum absolute atomic E-state index is 12.3. The minimum absolute atomic E-state index is 0.0738. The number of ether oxygens (including phenoxy) is 1. The van der Waals surface area contributed by atoms with E-state index in [2.05, 4.69) is 10.2 Å². The van der Waals surface area contributed by atoms with Gasteiger partial charge >= 0.3 is 5.63 Å². The Labute approximate surface area is 141 Å². The fourth-order valence-electron chi connectivity index (χ4n) is 2.50. The molecule has 0 radical (unpaired) electrons. The van der Waals surface area contributed by atoms with Gasteiger partial charge in [-0.1, -0.05) is 12.1 Å². The molecule has 4 rings (SSSR count). The van der Waals surface area contributed by atoms with Crippen LogP contribution in [0.15, 0.2) is 62.2 Å². The number of aromatic nitrogens is 2. The summed E-state index contributed by atoms with van der Waals surface area (Å²) < 4.78 is 16.1. The average Bonchev–Trinajstić information content (AvgIpc) is 3.10. The molecule has 0 saturated heterocycles. The molecule has 2 N–H and O–H groups in total. The van der Waals surface area contributed by atoms with E-state index >= 15 is 0 Å². The second-order valence-electron chi connectivity index (χ2n) is 5.35. The number of nitrogens with two attached hydrogens (primary N) is 1. The van der Waals surface area contributed by atoms with Gasteiger partial charge in [-0.25, -0.2) is 4.79 Å². The zero-order valence-electron chi connectivity index (χ0n) is 13.2. The summed E-state index contributed by atoms with van der Waals surface area (Å²) in [6.45, 7) is 0. The third kappa shape index (κ3) is 2.61. The summed E-state index contributed by atoms with van der Waals surface area (Å²) in [6, 6.07) is 14.0. The number of methoxy groups -OCH3 is 1. The minimum atomic E-state index is -0.572. The fraction of sp³-hybridized carbons (Fsp3) is 0.0556. The number of hydrogen-bond donors (Lipinski definition) is 1. The van der Waals surface area contributed by atoms with Crippen LogP contribution in [0.3, 0.4) is 0 Å². The normalized spacial score (nSPS) is 10.9.